The number of carbonyl (C=O) groups excluding carboxylic acids is 2. The lowest BCUT2D eigenvalue weighted by molar-refractivity contribution is -0.140. The van der Waals surface area contributed by atoms with Crippen LogP contribution >= 0.6 is 0 Å². The topological polar surface area (TPSA) is 96.3 Å². The third kappa shape index (κ3) is 3.55. The van der Waals surface area contributed by atoms with E-state index in [1.165, 1.54) is 4.90 Å². The molecule has 3 rings (SSSR count). The summed E-state index contributed by atoms with van der Waals surface area (Å²) in [4.78, 5) is 39.2. The molecule has 0 saturated heterocycles. The predicted molar refractivity (Wildman–Crippen MR) is 85.4 cm³/mol. The van der Waals surface area contributed by atoms with Crippen LogP contribution in [0.2, 0.25) is 0 Å². The molecule has 142 valence electrons. The Morgan fingerprint density at radius 3 is 2.56 bits per heavy atom. The van der Waals surface area contributed by atoms with E-state index in [-0.39, 0.29) is 36.3 Å². The lowest BCUT2D eigenvalue weighted by Gasteiger charge is -2.29. The number of carbonyl (C=O) groups is 2. The number of hydrogen-bond acceptors (Lipinski definition) is 3. The van der Waals surface area contributed by atoms with Crippen molar-refractivity contribution in [1.82, 2.24) is 9.88 Å². The van der Waals surface area contributed by atoms with Crippen molar-refractivity contribution in [3.05, 3.63) is 68.4 Å². The highest BCUT2D eigenvalue weighted by Gasteiger charge is 2.35. The number of hydrogen-bond donors (Lipinski definition) is 2. The number of benzene rings is 1. The van der Waals surface area contributed by atoms with E-state index in [4.69, 9.17) is 5.73 Å². The van der Waals surface area contributed by atoms with Crippen molar-refractivity contribution in [3.63, 3.8) is 0 Å². The highest BCUT2D eigenvalue weighted by molar-refractivity contribution is 6.01. The number of primary amides is 1. The van der Waals surface area contributed by atoms with Crippen molar-refractivity contribution in [2.75, 3.05) is 6.54 Å². The first-order valence-corrected chi connectivity index (χ1v) is 7.79. The van der Waals surface area contributed by atoms with Crippen LogP contribution in [-0.2, 0) is 19.1 Å². The number of aromatic amines is 1. The first-order chi connectivity index (χ1) is 12.6. The second kappa shape index (κ2) is 6.53. The van der Waals surface area contributed by atoms with Crippen LogP contribution in [0.5, 0.6) is 0 Å². The van der Waals surface area contributed by atoms with Gasteiger partial charge in [-0.3, -0.25) is 14.4 Å². The van der Waals surface area contributed by atoms with Gasteiger partial charge in [0.25, 0.3) is 11.8 Å². The second-order valence-corrected chi connectivity index (χ2v) is 6.05. The number of nitrogens with one attached hydrogen (secondary N) is 1. The minimum atomic E-state index is -4.86. The maximum absolute atomic E-state index is 13.4. The third-order valence-corrected chi connectivity index (χ3v) is 4.26. The summed E-state index contributed by atoms with van der Waals surface area (Å²) in [6, 6.07) is 3.50. The number of rotatable bonds is 3. The molecule has 0 fully saturated rings. The zero-order valence-electron chi connectivity index (χ0n) is 13.7. The number of amides is 2. The van der Waals surface area contributed by atoms with Gasteiger partial charge in [-0.2, -0.15) is 13.2 Å². The summed E-state index contributed by atoms with van der Waals surface area (Å²) in [5.41, 5.74) is 3.27. The van der Waals surface area contributed by atoms with E-state index in [1.54, 1.807) is 0 Å². The Labute approximate surface area is 149 Å². The maximum atomic E-state index is 13.4. The Bertz CT molecular complexity index is 998. The van der Waals surface area contributed by atoms with E-state index < -0.39 is 34.9 Å². The lowest BCUT2D eigenvalue weighted by atomic mass is 9.97. The summed E-state index contributed by atoms with van der Waals surface area (Å²) in [5.74, 6) is -2.92. The first-order valence-electron chi connectivity index (χ1n) is 7.79. The van der Waals surface area contributed by atoms with Crippen molar-refractivity contribution < 1.29 is 27.2 Å². The molecule has 2 amide bonds. The molecule has 0 bridgehead atoms. The number of alkyl halides is 3. The molecule has 10 heteroatoms. The molecule has 0 aliphatic carbocycles. The highest BCUT2D eigenvalue weighted by Crippen LogP contribution is 2.32. The number of aromatic nitrogens is 1. The Balaban J connectivity index is 1.93. The number of nitrogens with zero attached hydrogens (tertiary/aromatic N) is 1. The van der Waals surface area contributed by atoms with Crippen LogP contribution in [0.3, 0.4) is 0 Å². The van der Waals surface area contributed by atoms with E-state index in [0.29, 0.717) is 17.7 Å². The number of H-pyrrole nitrogens is 1. The first kappa shape index (κ1) is 18.6. The van der Waals surface area contributed by atoms with Crippen LogP contribution < -0.4 is 11.3 Å². The normalized spacial score (nSPS) is 14.2. The summed E-state index contributed by atoms with van der Waals surface area (Å²) >= 11 is 0. The number of fused-ring (bicyclic) bond motifs is 1. The molecular formula is C17H13F4N3O3. The van der Waals surface area contributed by atoms with Gasteiger partial charge in [-0.1, -0.05) is 6.07 Å². The summed E-state index contributed by atoms with van der Waals surface area (Å²) in [6.45, 7) is -0.114. The van der Waals surface area contributed by atoms with Crippen molar-refractivity contribution >= 4 is 11.8 Å². The number of nitrogens with two attached hydrogens (primary N) is 1. The molecule has 3 N–H and O–H groups in total. The van der Waals surface area contributed by atoms with Crippen LogP contribution in [-0.4, -0.2) is 28.2 Å². The van der Waals surface area contributed by atoms with Crippen LogP contribution in [0.1, 0.15) is 37.5 Å². The smallest absolute Gasteiger partial charge is 0.364 e. The summed E-state index contributed by atoms with van der Waals surface area (Å²) < 4.78 is 51.9. The molecule has 1 aromatic heterocycles. The average Bonchev–Trinajstić information content (AvgIpc) is 2.57. The lowest BCUT2D eigenvalue weighted by Crippen LogP contribution is -2.39. The average molecular weight is 383 g/mol. The van der Waals surface area contributed by atoms with Crippen LogP contribution in [0.15, 0.2) is 29.1 Å². The maximum Gasteiger partial charge on any atom is 0.419 e. The summed E-state index contributed by atoms with van der Waals surface area (Å²) in [6.07, 6.45) is -4.67. The summed E-state index contributed by atoms with van der Waals surface area (Å²) in [5, 5.41) is 0. The van der Waals surface area contributed by atoms with Gasteiger partial charge in [0.2, 0.25) is 5.56 Å². The molecular weight excluding hydrogens is 370 g/mol. The Hall–Kier alpha value is -3.17. The Morgan fingerprint density at radius 1 is 1.22 bits per heavy atom. The van der Waals surface area contributed by atoms with Gasteiger partial charge >= 0.3 is 6.18 Å². The van der Waals surface area contributed by atoms with Crippen LogP contribution in [0.4, 0.5) is 17.6 Å². The van der Waals surface area contributed by atoms with Gasteiger partial charge in [-0.15, -0.1) is 0 Å². The fourth-order valence-corrected chi connectivity index (χ4v) is 3.03. The second-order valence-electron chi connectivity index (χ2n) is 6.05. The Morgan fingerprint density at radius 2 is 1.93 bits per heavy atom. The monoisotopic (exact) mass is 383 g/mol. The van der Waals surface area contributed by atoms with Gasteiger partial charge in [0.05, 0.1) is 11.1 Å². The molecule has 6 nitrogen and oxygen atoms in total. The van der Waals surface area contributed by atoms with Gasteiger partial charge < -0.3 is 15.6 Å². The summed E-state index contributed by atoms with van der Waals surface area (Å²) in [7, 11) is 0. The van der Waals surface area contributed by atoms with E-state index in [2.05, 4.69) is 4.98 Å². The quantitative estimate of drug-likeness (QED) is 0.792. The molecule has 0 radical (unpaired) electrons. The minimum absolute atomic E-state index is 0.0306. The predicted octanol–water partition coefficient (Wildman–Crippen LogP) is 1.83. The molecule has 2 heterocycles. The molecule has 27 heavy (non-hydrogen) atoms. The molecule has 0 saturated carbocycles. The van der Waals surface area contributed by atoms with E-state index in [9.17, 15) is 31.9 Å². The molecule has 1 aromatic carbocycles. The molecule has 1 aliphatic rings. The molecule has 0 atom stereocenters. The fourth-order valence-electron chi connectivity index (χ4n) is 3.03. The third-order valence-electron chi connectivity index (χ3n) is 4.26. The van der Waals surface area contributed by atoms with E-state index in [1.807, 2.05) is 0 Å². The minimum Gasteiger partial charge on any atom is -0.364 e. The highest BCUT2D eigenvalue weighted by atomic mass is 19.4. The molecule has 0 spiro atoms. The van der Waals surface area contributed by atoms with Crippen molar-refractivity contribution in [2.24, 2.45) is 5.73 Å². The fraction of sp³-hybridized carbons (Fsp3) is 0.235. The van der Waals surface area contributed by atoms with Gasteiger partial charge in [0.1, 0.15) is 11.5 Å². The standard InChI is InChI=1S/C17H13F4N3O3/c18-12-2-1-8(5-11(12)17(19,20)21)7-24-4-3-9-10(16(24)27)6-13(25)23-14(9)15(22)26/h1-2,5-6H,3-4,7H2,(H2,22,26)(H,23,25). The van der Waals surface area contributed by atoms with Gasteiger partial charge in [0, 0.05) is 19.2 Å². The molecule has 0 unspecified atom stereocenters. The van der Waals surface area contributed by atoms with Crippen LogP contribution in [0.25, 0.3) is 0 Å². The van der Waals surface area contributed by atoms with E-state index in [0.717, 1.165) is 12.1 Å². The largest absolute Gasteiger partial charge is 0.419 e. The van der Waals surface area contributed by atoms with E-state index >= 15 is 0 Å². The van der Waals surface area contributed by atoms with Gasteiger partial charge in [-0.05, 0) is 29.7 Å². The molecule has 1 aliphatic heterocycles. The molecule has 2 aromatic rings. The number of halogens is 4. The van der Waals surface area contributed by atoms with Gasteiger partial charge in [0.15, 0.2) is 0 Å². The zero-order chi connectivity index (χ0) is 19.9. The SMILES string of the molecule is NC(=O)c1[nH]c(=O)cc2c1CCN(Cc1ccc(F)c(C(F)(F)F)c1)C2=O. The van der Waals surface area contributed by atoms with Crippen LogP contribution in [0, 0.1) is 5.82 Å². The zero-order valence-corrected chi connectivity index (χ0v) is 13.7. The van der Waals surface area contributed by atoms with Gasteiger partial charge in [-0.25, -0.2) is 4.39 Å². The number of pyridine rings is 1. The van der Waals surface area contributed by atoms with Crippen molar-refractivity contribution in [2.45, 2.75) is 19.1 Å². The van der Waals surface area contributed by atoms with Crippen molar-refractivity contribution in [1.29, 1.82) is 0 Å². The van der Waals surface area contributed by atoms with Crippen molar-refractivity contribution in [3.8, 4) is 0 Å². The Kier molecular flexibility index (Phi) is 4.50.